The molecular weight excluding hydrogens is 301 g/mol. The van der Waals surface area contributed by atoms with Crippen molar-refractivity contribution in [3.8, 4) is 0 Å². The maximum Gasteiger partial charge on any atom is 0.124 e. The molecule has 1 aromatic carbocycles. The maximum absolute atomic E-state index is 13.0. The quantitative estimate of drug-likeness (QED) is 0.927. The van der Waals surface area contributed by atoms with E-state index < -0.39 is 0 Å². The third-order valence-corrected chi connectivity index (χ3v) is 3.75. The van der Waals surface area contributed by atoms with Gasteiger partial charge in [-0.15, -0.1) is 0 Å². The molecule has 18 heavy (non-hydrogen) atoms. The first-order valence-electron chi connectivity index (χ1n) is 6.01. The summed E-state index contributed by atoms with van der Waals surface area (Å²) in [4.78, 5) is 2.22. The molecule has 0 aliphatic carbocycles. The van der Waals surface area contributed by atoms with Crippen LogP contribution in [0.2, 0.25) is 0 Å². The van der Waals surface area contributed by atoms with E-state index in [2.05, 4.69) is 20.8 Å². The third kappa shape index (κ3) is 3.51. The fourth-order valence-corrected chi connectivity index (χ4v) is 2.74. The van der Waals surface area contributed by atoms with Crippen molar-refractivity contribution in [1.29, 1.82) is 0 Å². The van der Waals surface area contributed by atoms with Gasteiger partial charge in [0.15, 0.2) is 0 Å². The Labute approximate surface area is 115 Å². The highest BCUT2D eigenvalue weighted by Crippen LogP contribution is 2.21. The summed E-state index contributed by atoms with van der Waals surface area (Å²) in [6, 6.07) is 4.73. The minimum Gasteiger partial charge on any atom is -0.394 e. The molecule has 0 saturated carbocycles. The van der Waals surface area contributed by atoms with Gasteiger partial charge in [-0.1, -0.05) is 22.0 Å². The molecular formula is C13H17BrFNO2. The normalized spacial score (nSPS) is 25.3. The molecule has 1 fully saturated rings. The standard InChI is InChI=1S/C13H17BrFNO2/c1-9-5-16(7-12(8-17)18-9)6-10-2-3-11(15)4-13(10)14/h2-4,9,12,17H,5-8H2,1H3. The van der Waals surface area contributed by atoms with Crippen LogP contribution in [-0.2, 0) is 11.3 Å². The van der Waals surface area contributed by atoms with Gasteiger partial charge in [0, 0.05) is 24.1 Å². The van der Waals surface area contributed by atoms with E-state index in [0.29, 0.717) is 6.54 Å². The van der Waals surface area contributed by atoms with Crippen molar-refractivity contribution in [3.63, 3.8) is 0 Å². The lowest BCUT2D eigenvalue weighted by atomic mass is 10.1. The Balaban J connectivity index is 2.04. The summed E-state index contributed by atoms with van der Waals surface area (Å²) >= 11 is 3.37. The van der Waals surface area contributed by atoms with E-state index in [1.165, 1.54) is 12.1 Å². The number of rotatable bonds is 3. The van der Waals surface area contributed by atoms with Gasteiger partial charge in [-0.25, -0.2) is 4.39 Å². The number of morpholine rings is 1. The first kappa shape index (κ1) is 13.9. The average Bonchev–Trinajstić information content (AvgIpc) is 2.32. The number of hydrogen-bond acceptors (Lipinski definition) is 3. The fourth-order valence-electron chi connectivity index (χ4n) is 2.26. The molecule has 1 aliphatic rings. The number of hydrogen-bond donors (Lipinski definition) is 1. The second-order valence-corrected chi connectivity index (χ2v) is 5.54. The molecule has 1 heterocycles. The van der Waals surface area contributed by atoms with Gasteiger partial charge in [0.1, 0.15) is 5.82 Å². The Morgan fingerprint density at radius 3 is 2.94 bits per heavy atom. The van der Waals surface area contributed by atoms with Crippen LogP contribution in [0, 0.1) is 5.82 Å². The average molecular weight is 318 g/mol. The molecule has 1 N–H and O–H groups in total. The molecule has 0 bridgehead atoms. The molecule has 0 radical (unpaired) electrons. The van der Waals surface area contributed by atoms with Gasteiger partial charge in [-0.05, 0) is 24.6 Å². The first-order valence-corrected chi connectivity index (χ1v) is 6.80. The molecule has 1 saturated heterocycles. The zero-order valence-corrected chi connectivity index (χ0v) is 11.9. The highest BCUT2D eigenvalue weighted by Gasteiger charge is 2.24. The monoisotopic (exact) mass is 317 g/mol. The fraction of sp³-hybridized carbons (Fsp3) is 0.538. The molecule has 5 heteroatoms. The van der Waals surface area contributed by atoms with Crippen LogP contribution in [0.15, 0.2) is 22.7 Å². The SMILES string of the molecule is CC1CN(Cc2ccc(F)cc2Br)CC(CO)O1. The summed E-state index contributed by atoms with van der Waals surface area (Å²) in [5.74, 6) is -0.241. The van der Waals surface area contributed by atoms with Crippen LogP contribution in [0.25, 0.3) is 0 Å². The van der Waals surface area contributed by atoms with Gasteiger partial charge in [0.05, 0.1) is 18.8 Å². The minimum absolute atomic E-state index is 0.0332. The number of aliphatic hydroxyl groups is 1. The number of nitrogens with zero attached hydrogens (tertiary/aromatic N) is 1. The smallest absolute Gasteiger partial charge is 0.124 e. The first-order chi connectivity index (χ1) is 8.58. The molecule has 100 valence electrons. The Bertz CT molecular complexity index is 416. The predicted molar refractivity (Wildman–Crippen MR) is 70.8 cm³/mol. The van der Waals surface area contributed by atoms with Crippen molar-refractivity contribution in [2.24, 2.45) is 0 Å². The predicted octanol–water partition coefficient (Wildman–Crippen LogP) is 2.17. The summed E-state index contributed by atoms with van der Waals surface area (Å²) < 4.78 is 19.4. The Kier molecular flexibility index (Phi) is 4.72. The van der Waals surface area contributed by atoms with Crippen LogP contribution in [0.3, 0.4) is 0 Å². The van der Waals surface area contributed by atoms with Crippen LogP contribution >= 0.6 is 15.9 Å². The van der Waals surface area contributed by atoms with E-state index in [0.717, 1.165) is 23.1 Å². The van der Waals surface area contributed by atoms with E-state index >= 15 is 0 Å². The van der Waals surface area contributed by atoms with Crippen LogP contribution in [0.5, 0.6) is 0 Å². The zero-order chi connectivity index (χ0) is 13.1. The van der Waals surface area contributed by atoms with Crippen molar-refractivity contribution in [2.45, 2.75) is 25.7 Å². The van der Waals surface area contributed by atoms with Gasteiger partial charge in [0.25, 0.3) is 0 Å². The second-order valence-electron chi connectivity index (χ2n) is 4.68. The summed E-state index contributed by atoms with van der Waals surface area (Å²) in [5, 5.41) is 9.17. The molecule has 1 aliphatic heterocycles. The Morgan fingerprint density at radius 2 is 2.28 bits per heavy atom. The number of halogens is 2. The Hall–Kier alpha value is -0.490. The number of ether oxygens (including phenoxy) is 1. The van der Waals surface area contributed by atoms with Crippen LogP contribution in [0.1, 0.15) is 12.5 Å². The largest absolute Gasteiger partial charge is 0.394 e. The summed E-state index contributed by atoms with van der Waals surface area (Å²) in [5.41, 5.74) is 1.04. The lowest BCUT2D eigenvalue weighted by molar-refractivity contribution is -0.0973. The maximum atomic E-state index is 13.0. The van der Waals surface area contributed by atoms with Crippen molar-refractivity contribution >= 4 is 15.9 Å². The number of benzene rings is 1. The van der Waals surface area contributed by atoms with Crippen molar-refractivity contribution < 1.29 is 14.2 Å². The number of aliphatic hydroxyl groups excluding tert-OH is 1. The molecule has 0 amide bonds. The Morgan fingerprint density at radius 1 is 1.50 bits per heavy atom. The van der Waals surface area contributed by atoms with Crippen LogP contribution < -0.4 is 0 Å². The lowest BCUT2D eigenvalue weighted by Crippen LogP contribution is -2.47. The second kappa shape index (κ2) is 6.10. The van der Waals surface area contributed by atoms with Gasteiger partial charge in [-0.2, -0.15) is 0 Å². The lowest BCUT2D eigenvalue weighted by Gasteiger charge is -2.36. The van der Waals surface area contributed by atoms with Crippen molar-refractivity contribution in [1.82, 2.24) is 4.90 Å². The zero-order valence-electron chi connectivity index (χ0n) is 10.3. The minimum atomic E-state index is -0.241. The molecule has 2 unspecified atom stereocenters. The van der Waals surface area contributed by atoms with Gasteiger partial charge >= 0.3 is 0 Å². The molecule has 2 atom stereocenters. The summed E-state index contributed by atoms with van der Waals surface area (Å²) in [6.07, 6.45) is -0.0249. The molecule has 1 aromatic rings. The molecule has 0 aromatic heterocycles. The van der Waals surface area contributed by atoms with Crippen LogP contribution in [-0.4, -0.2) is 41.9 Å². The van der Waals surface area contributed by atoms with Gasteiger partial charge in [0.2, 0.25) is 0 Å². The molecule has 3 nitrogen and oxygen atoms in total. The van der Waals surface area contributed by atoms with E-state index in [1.807, 2.05) is 6.92 Å². The van der Waals surface area contributed by atoms with E-state index in [4.69, 9.17) is 4.74 Å². The topological polar surface area (TPSA) is 32.7 Å². The molecule has 2 rings (SSSR count). The van der Waals surface area contributed by atoms with E-state index in [9.17, 15) is 9.50 Å². The van der Waals surface area contributed by atoms with E-state index in [1.54, 1.807) is 6.07 Å². The third-order valence-electron chi connectivity index (χ3n) is 3.01. The van der Waals surface area contributed by atoms with Gasteiger partial charge in [-0.3, -0.25) is 4.90 Å². The van der Waals surface area contributed by atoms with E-state index in [-0.39, 0.29) is 24.6 Å². The summed E-state index contributed by atoms with van der Waals surface area (Å²) in [6.45, 7) is 4.27. The highest BCUT2D eigenvalue weighted by molar-refractivity contribution is 9.10. The highest BCUT2D eigenvalue weighted by atomic mass is 79.9. The summed E-state index contributed by atoms with van der Waals surface area (Å²) in [7, 11) is 0. The van der Waals surface area contributed by atoms with Crippen LogP contribution in [0.4, 0.5) is 4.39 Å². The van der Waals surface area contributed by atoms with Crippen molar-refractivity contribution in [2.75, 3.05) is 19.7 Å². The van der Waals surface area contributed by atoms with Crippen molar-refractivity contribution in [3.05, 3.63) is 34.1 Å². The molecule has 0 spiro atoms. The van der Waals surface area contributed by atoms with Gasteiger partial charge < -0.3 is 9.84 Å².